The Morgan fingerprint density at radius 2 is 1.67 bits per heavy atom. The molecule has 3 N–H and O–H groups in total. The molecule has 0 heterocycles. The zero-order valence-electron chi connectivity index (χ0n) is 26.9. The molecule has 2 aromatic rings. The van der Waals surface area contributed by atoms with Crippen LogP contribution in [0.4, 0.5) is 10.5 Å². The van der Waals surface area contributed by atoms with E-state index in [1.807, 2.05) is 18.2 Å². The van der Waals surface area contributed by atoms with Gasteiger partial charge in [-0.25, -0.2) is 4.79 Å². The highest BCUT2D eigenvalue weighted by atomic mass is 35.5. The third-order valence-electron chi connectivity index (χ3n) is 7.98. The maximum absolute atomic E-state index is 13.9. The number of halogens is 1. The molecule has 11 nitrogen and oxygen atoms in total. The first-order chi connectivity index (χ1) is 22.1. The SMILES string of the molecule is CCOP(=O)(OCC)C(O)[C@H](CCC(=O)N(C)c1ccccc1)NC(=O)[C@H](CC1CCCCC1)NC(=O)OCc1cccc(Cl)c1. The summed E-state index contributed by atoms with van der Waals surface area (Å²) in [6.45, 7) is 3.17. The molecular formula is C33H47ClN3O8P. The Morgan fingerprint density at radius 3 is 2.30 bits per heavy atom. The number of benzene rings is 2. The maximum atomic E-state index is 13.9. The van der Waals surface area contributed by atoms with Gasteiger partial charge >= 0.3 is 13.7 Å². The van der Waals surface area contributed by atoms with E-state index in [9.17, 15) is 24.1 Å². The van der Waals surface area contributed by atoms with Crippen molar-refractivity contribution in [3.63, 3.8) is 0 Å². The first-order valence-electron chi connectivity index (χ1n) is 15.9. The normalized spacial score (nSPS) is 15.8. The molecule has 0 saturated heterocycles. The number of amides is 3. The Labute approximate surface area is 276 Å². The number of alkyl carbamates (subject to hydrolysis) is 1. The third-order valence-corrected chi connectivity index (χ3v) is 10.5. The van der Waals surface area contributed by atoms with Gasteiger partial charge in [0.1, 0.15) is 12.6 Å². The topological polar surface area (TPSA) is 144 Å². The number of anilines is 1. The molecule has 0 spiro atoms. The number of nitrogens with zero attached hydrogens (tertiary/aromatic N) is 1. The molecule has 1 saturated carbocycles. The van der Waals surface area contributed by atoms with Gasteiger partial charge in [0, 0.05) is 24.2 Å². The number of rotatable bonds is 17. The Morgan fingerprint density at radius 1 is 1.00 bits per heavy atom. The average Bonchev–Trinajstić information content (AvgIpc) is 3.05. The number of carbonyl (C=O) groups excluding carboxylic acids is 3. The lowest BCUT2D eigenvalue weighted by Crippen LogP contribution is -2.53. The van der Waals surface area contributed by atoms with Gasteiger partial charge in [-0.3, -0.25) is 14.2 Å². The van der Waals surface area contributed by atoms with E-state index in [-0.39, 0.29) is 44.5 Å². The Kier molecular flexibility index (Phi) is 15.5. The van der Waals surface area contributed by atoms with Crippen LogP contribution in [-0.2, 0) is 34.5 Å². The maximum Gasteiger partial charge on any atom is 0.408 e. The summed E-state index contributed by atoms with van der Waals surface area (Å²) in [5.41, 5.74) is 1.36. The smallest absolute Gasteiger partial charge is 0.408 e. The molecule has 0 aromatic heterocycles. The highest BCUT2D eigenvalue weighted by Crippen LogP contribution is 2.53. The average molecular weight is 680 g/mol. The molecule has 1 aliphatic carbocycles. The lowest BCUT2D eigenvalue weighted by atomic mass is 9.84. The summed E-state index contributed by atoms with van der Waals surface area (Å²) < 4.78 is 29.8. The van der Waals surface area contributed by atoms with Gasteiger partial charge in [0.05, 0.1) is 19.3 Å². The molecule has 0 aliphatic heterocycles. The van der Waals surface area contributed by atoms with Crippen LogP contribution < -0.4 is 15.5 Å². The fraction of sp³-hybridized carbons (Fsp3) is 0.545. The summed E-state index contributed by atoms with van der Waals surface area (Å²) in [7, 11) is -2.48. The van der Waals surface area contributed by atoms with Gasteiger partial charge in [-0.15, -0.1) is 0 Å². The van der Waals surface area contributed by atoms with Crippen molar-refractivity contribution in [2.24, 2.45) is 5.92 Å². The fourth-order valence-corrected chi connectivity index (χ4v) is 7.52. The van der Waals surface area contributed by atoms with E-state index >= 15 is 0 Å². The van der Waals surface area contributed by atoms with E-state index < -0.39 is 37.5 Å². The van der Waals surface area contributed by atoms with Crippen molar-refractivity contribution in [3.05, 3.63) is 65.2 Å². The van der Waals surface area contributed by atoms with E-state index in [0.717, 1.165) is 32.1 Å². The van der Waals surface area contributed by atoms with Crippen LogP contribution in [0.3, 0.4) is 0 Å². The van der Waals surface area contributed by atoms with Crippen LogP contribution in [0, 0.1) is 5.92 Å². The summed E-state index contributed by atoms with van der Waals surface area (Å²) in [5.74, 6) is -2.45. The Hall–Kier alpha value is -2.95. The predicted octanol–water partition coefficient (Wildman–Crippen LogP) is 6.42. The number of para-hydroxylation sites is 1. The second-order valence-corrected chi connectivity index (χ2v) is 13.9. The highest BCUT2D eigenvalue weighted by Gasteiger charge is 2.42. The fourth-order valence-electron chi connectivity index (χ4n) is 5.54. The molecule has 1 aliphatic rings. The van der Waals surface area contributed by atoms with Crippen LogP contribution in [0.2, 0.25) is 5.02 Å². The summed E-state index contributed by atoms with van der Waals surface area (Å²) in [6.07, 6.45) is 4.42. The lowest BCUT2D eigenvalue weighted by Gasteiger charge is -2.32. The molecule has 1 unspecified atom stereocenters. The minimum Gasteiger partial charge on any atom is -0.445 e. The van der Waals surface area contributed by atoms with Gasteiger partial charge in [-0.1, -0.05) is 74.0 Å². The van der Waals surface area contributed by atoms with Crippen molar-refractivity contribution in [2.75, 3.05) is 25.2 Å². The van der Waals surface area contributed by atoms with Gasteiger partial charge in [0.25, 0.3) is 0 Å². The number of nitrogens with one attached hydrogen (secondary N) is 2. The second kappa shape index (κ2) is 19.0. The first-order valence-corrected chi connectivity index (χ1v) is 17.9. The van der Waals surface area contributed by atoms with Crippen molar-refractivity contribution in [3.8, 4) is 0 Å². The molecule has 3 rings (SSSR count). The van der Waals surface area contributed by atoms with Gasteiger partial charge < -0.3 is 34.4 Å². The molecule has 46 heavy (non-hydrogen) atoms. The molecule has 0 radical (unpaired) electrons. The summed E-state index contributed by atoms with van der Waals surface area (Å²) in [6, 6.07) is 13.7. The van der Waals surface area contributed by atoms with E-state index in [0.29, 0.717) is 22.7 Å². The summed E-state index contributed by atoms with van der Waals surface area (Å²) in [4.78, 5) is 41.4. The van der Waals surface area contributed by atoms with E-state index in [1.165, 1.54) is 4.90 Å². The largest absolute Gasteiger partial charge is 0.445 e. The van der Waals surface area contributed by atoms with Crippen LogP contribution in [0.5, 0.6) is 0 Å². The van der Waals surface area contributed by atoms with Gasteiger partial charge in [-0.2, -0.15) is 0 Å². The van der Waals surface area contributed by atoms with Crippen LogP contribution >= 0.6 is 19.2 Å². The number of hydrogen-bond donors (Lipinski definition) is 3. The standard InChI is InChI=1S/C33H47ClN3O8P/c1-4-44-46(42,45-5-2)32(40)28(19-20-30(38)37(3)27-17-10-7-11-18-27)35-31(39)29(22-24-13-8-6-9-14-24)36-33(41)43-23-25-15-12-16-26(34)21-25/h7,10-12,15-18,21,24,28-29,32,40H,4-6,8-9,13-14,19-20,22-23H2,1-3H3,(H,35,39)(H,36,41)/t28-,29-,32?/m0/s1. The molecule has 254 valence electrons. The highest BCUT2D eigenvalue weighted by molar-refractivity contribution is 7.54. The third kappa shape index (κ3) is 11.7. The molecule has 0 bridgehead atoms. The number of carbonyl (C=O) groups is 3. The van der Waals surface area contributed by atoms with Crippen molar-refractivity contribution in [1.29, 1.82) is 0 Å². The van der Waals surface area contributed by atoms with Gasteiger partial charge in [0.15, 0.2) is 5.85 Å². The van der Waals surface area contributed by atoms with Crippen molar-refractivity contribution in [1.82, 2.24) is 10.6 Å². The number of aliphatic hydroxyl groups excluding tert-OH is 1. The minimum absolute atomic E-state index is 0.00495. The molecule has 3 atom stereocenters. The predicted molar refractivity (Wildman–Crippen MR) is 178 cm³/mol. The van der Waals surface area contributed by atoms with Crippen molar-refractivity contribution >= 4 is 42.8 Å². The number of hydrogen-bond acceptors (Lipinski definition) is 8. The van der Waals surface area contributed by atoms with E-state index in [1.54, 1.807) is 57.3 Å². The minimum atomic E-state index is -4.11. The van der Waals surface area contributed by atoms with E-state index in [4.69, 9.17) is 25.4 Å². The second-order valence-electron chi connectivity index (χ2n) is 11.4. The van der Waals surface area contributed by atoms with Crippen LogP contribution in [0.25, 0.3) is 0 Å². The number of aliphatic hydroxyl groups is 1. The zero-order chi connectivity index (χ0) is 33.5. The van der Waals surface area contributed by atoms with Gasteiger partial charge in [-0.05, 0) is 62.4 Å². The van der Waals surface area contributed by atoms with Gasteiger partial charge in [0.2, 0.25) is 11.8 Å². The van der Waals surface area contributed by atoms with Crippen LogP contribution in [0.15, 0.2) is 54.6 Å². The molecule has 1 fully saturated rings. The van der Waals surface area contributed by atoms with E-state index in [2.05, 4.69) is 10.6 Å². The zero-order valence-corrected chi connectivity index (χ0v) is 28.5. The number of ether oxygens (including phenoxy) is 1. The quantitative estimate of drug-likeness (QED) is 0.163. The first kappa shape index (κ1) is 37.5. The lowest BCUT2D eigenvalue weighted by molar-refractivity contribution is -0.125. The van der Waals surface area contributed by atoms with Crippen molar-refractivity contribution < 1.29 is 37.8 Å². The molecule has 2 aromatic carbocycles. The van der Waals surface area contributed by atoms with Crippen LogP contribution in [-0.4, -0.2) is 61.2 Å². The Bertz CT molecular complexity index is 1300. The molecule has 13 heteroatoms. The van der Waals surface area contributed by atoms with Crippen molar-refractivity contribution in [2.45, 2.75) is 89.7 Å². The Balaban J connectivity index is 1.79. The summed E-state index contributed by atoms with van der Waals surface area (Å²) in [5, 5.41) is 17.3. The summed E-state index contributed by atoms with van der Waals surface area (Å²) >= 11 is 6.04. The van der Waals surface area contributed by atoms with Crippen LogP contribution in [0.1, 0.15) is 70.8 Å². The molecule has 3 amide bonds. The monoisotopic (exact) mass is 679 g/mol. The molecular weight excluding hydrogens is 633 g/mol.